The van der Waals surface area contributed by atoms with Crippen molar-refractivity contribution >= 4 is 24.4 Å². The number of anilines is 1. The molecule has 1 aromatic carbocycles. The number of carbonyl (C=O) groups excluding carboxylic acids is 1. The predicted octanol–water partition coefficient (Wildman–Crippen LogP) is 2.93. The highest BCUT2D eigenvalue weighted by atomic mass is 32.1. The first-order chi connectivity index (χ1) is 9.67. The number of rotatable bonds is 3. The van der Waals surface area contributed by atoms with Crippen molar-refractivity contribution in [1.29, 1.82) is 0 Å². The van der Waals surface area contributed by atoms with E-state index in [0.717, 1.165) is 11.3 Å². The molecule has 1 unspecified atom stereocenters. The van der Waals surface area contributed by atoms with Crippen LogP contribution in [-0.4, -0.2) is 23.4 Å². The second kappa shape index (κ2) is 5.32. The summed E-state index contributed by atoms with van der Waals surface area (Å²) in [5.41, 5.74) is 2.94. The molecule has 0 aliphatic carbocycles. The number of nitrogens with zero attached hydrogens (tertiary/aromatic N) is 2. The highest BCUT2D eigenvalue weighted by molar-refractivity contribution is 7.80. The number of aromatic nitrogens is 1. The van der Waals surface area contributed by atoms with Crippen LogP contribution in [-0.2, 0) is 4.79 Å². The molecule has 1 saturated heterocycles. The van der Waals surface area contributed by atoms with Crippen LogP contribution < -0.4 is 4.90 Å². The van der Waals surface area contributed by atoms with Gasteiger partial charge in [-0.25, -0.2) is 0 Å². The van der Waals surface area contributed by atoms with E-state index in [1.807, 2.05) is 37.3 Å². The minimum absolute atomic E-state index is 0.0793. The second-order valence-electron chi connectivity index (χ2n) is 5.17. The fourth-order valence-electron chi connectivity index (χ4n) is 2.37. The maximum atomic E-state index is 11.9. The topological polar surface area (TPSA) is 46.3 Å². The zero-order valence-electron chi connectivity index (χ0n) is 11.2. The Balaban J connectivity index is 1.83. The molecule has 3 rings (SSSR count). The Morgan fingerprint density at radius 2 is 2.15 bits per heavy atom. The maximum Gasteiger partial charge on any atom is 0.234 e. The molecule has 1 fully saturated rings. The molecular weight excluding hydrogens is 272 g/mol. The summed E-state index contributed by atoms with van der Waals surface area (Å²) in [7, 11) is 0. The van der Waals surface area contributed by atoms with E-state index < -0.39 is 0 Å². The van der Waals surface area contributed by atoms with E-state index in [1.54, 1.807) is 4.90 Å². The van der Waals surface area contributed by atoms with Gasteiger partial charge >= 0.3 is 0 Å². The van der Waals surface area contributed by atoms with Gasteiger partial charge in [0.2, 0.25) is 11.8 Å². The van der Waals surface area contributed by atoms with Crippen LogP contribution in [0.5, 0.6) is 0 Å². The fourth-order valence-corrected chi connectivity index (χ4v) is 2.61. The number of hydrogen-bond acceptors (Lipinski definition) is 4. The first-order valence-corrected chi connectivity index (χ1v) is 7.25. The molecule has 1 atom stereocenters. The Bertz CT molecular complexity index is 621. The van der Waals surface area contributed by atoms with E-state index in [-0.39, 0.29) is 5.91 Å². The Hall–Kier alpha value is -1.75. The first-order valence-electron chi connectivity index (χ1n) is 6.62. The SMILES string of the molecule is Cc1ccc(-c2cc(N3CC(CS)CC3=O)on2)cc1. The zero-order valence-corrected chi connectivity index (χ0v) is 12.1. The maximum absolute atomic E-state index is 11.9. The number of carbonyl (C=O) groups is 1. The molecule has 104 valence electrons. The number of amides is 1. The lowest BCUT2D eigenvalue weighted by atomic mass is 10.1. The van der Waals surface area contributed by atoms with Gasteiger partial charge in [-0.2, -0.15) is 12.6 Å². The van der Waals surface area contributed by atoms with Crippen molar-refractivity contribution in [1.82, 2.24) is 5.16 Å². The van der Waals surface area contributed by atoms with Crippen molar-refractivity contribution in [2.24, 2.45) is 5.92 Å². The molecule has 20 heavy (non-hydrogen) atoms. The van der Waals surface area contributed by atoms with E-state index in [2.05, 4.69) is 17.8 Å². The molecule has 2 heterocycles. The summed E-state index contributed by atoms with van der Waals surface area (Å²) in [5, 5.41) is 4.06. The molecule has 0 saturated carbocycles. The molecule has 5 heteroatoms. The molecule has 2 aromatic rings. The van der Waals surface area contributed by atoms with E-state index in [1.165, 1.54) is 5.56 Å². The van der Waals surface area contributed by atoms with Crippen molar-refractivity contribution in [2.75, 3.05) is 17.2 Å². The Morgan fingerprint density at radius 1 is 1.40 bits per heavy atom. The largest absolute Gasteiger partial charge is 0.338 e. The third-order valence-corrected chi connectivity index (χ3v) is 4.09. The van der Waals surface area contributed by atoms with Crippen LogP contribution in [0.15, 0.2) is 34.9 Å². The van der Waals surface area contributed by atoms with Gasteiger partial charge in [0.15, 0.2) is 0 Å². The van der Waals surface area contributed by atoms with Gasteiger partial charge < -0.3 is 4.52 Å². The summed E-state index contributed by atoms with van der Waals surface area (Å²) >= 11 is 4.26. The number of thiol groups is 1. The monoisotopic (exact) mass is 288 g/mol. The van der Waals surface area contributed by atoms with Crippen LogP contribution in [0.4, 0.5) is 5.88 Å². The van der Waals surface area contributed by atoms with Gasteiger partial charge in [-0.15, -0.1) is 0 Å². The number of hydrogen-bond donors (Lipinski definition) is 1. The average molecular weight is 288 g/mol. The molecule has 0 radical (unpaired) electrons. The Kier molecular flexibility index (Phi) is 3.53. The van der Waals surface area contributed by atoms with Gasteiger partial charge in [-0.05, 0) is 18.6 Å². The summed E-state index contributed by atoms with van der Waals surface area (Å²) in [6.07, 6.45) is 0.532. The molecule has 1 aromatic heterocycles. The van der Waals surface area contributed by atoms with Gasteiger partial charge in [0, 0.05) is 24.6 Å². The van der Waals surface area contributed by atoms with Crippen molar-refractivity contribution in [3.8, 4) is 11.3 Å². The molecule has 4 nitrogen and oxygen atoms in total. The Morgan fingerprint density at radius 3 is 2.80 bits per heavy atom. The lowest BCUT2D eigenvalue weighted by Crippen LogP contribution is -2.24. The van der Waals surface area contributed by atoms with Crippen molar-refractivity contribution in [3.05, 3.63) is 35.9 Å². The number of benzene rings is 1. The fraction of sp³-hybridized carbons (Fsp3) is 0.333. The van der Waals surface area contributed by atoms with Gasteiger partial charge in [-0.3, -0.25) is 9.69 Å². The van der Waals surface area contributed by atoms with Gasteiger partial charge in [0.1, 0.15) is 5.69 Å². The highest BCUT2D eigenvalue weighted by Crippen LogP contribution is 2.29. The van der Waals surface area contributed by atoms with Crippen LogP contribution in [0.25, 0.3) is 11.3 Å². The van der Waals surface area contributed by atoms with Crippen molar-refractivity contribution < 1.29 is 9.32 Å². The zero-order chi connectivity index (χ0) is 14.1. The summed E-state index contributed by atoms with van der Waals surface area (Å²) in [4.78, 5) is 13.6. The Labute approximate surface area is 123 Å². The average Bonchev–Trinajstić information content (AvgIpc) is 3.06. The molecule has 1 aliphatic heterocycles. The van der Waals surface area contributed by atoms with Gasteiger partial charge in [0.25, 0.3) is 0 Å². The molecular formula is C15H16N2O2S. The third-order valence-electron chi connectivity index (χ3n) is 3.57. The molecule has 1 aliphatic rings. The molecule has 1 amide bonds. The van der Waals surface area contributed by atoms with E-state index in [4.69, 9.17) is 4.52 Å². The smallest absolute Gasteiger partial charge is 0.234 e. The van der Waals surface area contributed by atoms with Gasteiger partial charge in [-0.1, -0.05) is 35.0 Å². The minimum Gasteiger partial charge on any atom is -0.338 e. The van der Waals surface area contributed by atoms with Crippen LogP contribution >= 0.6 is 12.6 Å². The standard InChI is InChI=1S/C15H16N2O2S/c1-10-2-4-12(5-3-10)13-7-15(19-16-13)17-8-11(9-20)6-14(17)18/h2-5,7,11,20H,6,8-9H2,1H3. The lowest BCUT2D eigenvalue weighted by molar-refractivity contribution is -0.117. The normalized spacial score (nSPS) is 18.8. The quantitative estimate of drug-likeness (QED) is 0.883. The van der Waals surface area contributed by atoms with E-state index in [9.17, 15) is 4.79 Å². The predicted molar refractivity (Wildman–Crippen MR) is 81.0 cm³/mol. The van der Waals surface area contributed by atoms with Crippen molar-refractivity contribution in [2.45, 2.75) is 13.3 Å². The van der Waals surface area contributed by atoms with Crippen LogP contribution in [0, 0.1) is 12.8 Å². The highest BCUT2D eigenvalue weighted by Gasteiger charge is 2.32. The summed E-state index contributed by atoms with van der Waals surface area (Å²) < 4.78 is 5.33. The van der Waals surface area contributed by atoms with Gasteiger partial charge in [0.05, 0.1) is 0 Å². The van der Waals surface area contributed by atoms with E-state index >= 15 is 0 Å². The second-order valence-corrected chi connectivity index (χ2v) is 5.54. The first kappa shape index (κ1) is 13.2. The number of aryl methyl sites for hydroxylation is 1. The van der Waals surface area contributed by atoms with Crippen molar-refractivity contribution in [3.63, 3.8) is 0 Å². The van der Waals surface area contributed by atoms with Crippen LogP contribution in [0.3, 0.4) is 0 Å². The lowest BCUT2D eigenvalue weighted by Gasteiger charge is -2.10. The molecule has 0 spiro atoms. The summed E-state index contributed by atoms with van der Waals surface area (Å²) in [5.74, 6) is 1.60. The van der Waals surface area contributed by atoms with Crippen LogP contribution in [0.2, 0.25) is 0 Å². The third kappa shape index (κ3) is 2.45. The summed E-state index contributed by atoms with van der Waals surface area (Å²) in [6.45, 7) is 2.70. The molecule has 0 N–H and O–H groups in total. The van der Waals surface area contributed by atoms with Crippen LogP contribution in [0.1, 0.15) is 12.0 Å². The molecule has 0 bridgehead atoms. The minimum atomic E-state index is 0.0793. The van der Waals surface area contributed by atoms with E-state index in [0.29, 0.717) is 30.5 Å². The summed E-state index contributed by atoms with van der Waals surface area (Å²) in [6, 6.07) is 9.88.